The second-order valence-corrected chi connectivity index (χ2v) is 2.85. The van der Waals surface area contributed by atoms with E-state index in [-0.39, 0.29) is 12.0 Å². The van der Waals surface area contributed by atoms with Gasteiger partial charge in [-0.15, -0.1) is 0 Å². The minimum Gasteiger partial charge on any atom is -0.421 e. The maximum Gasteiger partial charge on any atom is 0.323 e. The first-order valence-corrected chi connectivity index (χ1v) is 4.54. The van der Waals surface area contributed by atoms with Crippen LogP contribution in [0.15, 0.2) is 24.7 Å². The molecule has 2 aromatic heterocycles. The Labute approximate surface area is 91.7 Å². The van der Waals surface area contributed by atoms with E-state index in [1.807, 2.05) is 0 Å². The van der Waals surface area contributed by atoms with Crippen molar-refractivity contribution in [1.82, 2.24) is 19.9 Å². The Morgan fingerprint density at radius 2 is 2.00 bits per heavy atom. The predicted octanol–water partition coefficient (Wildman–Crippen LogP) is 0.683. The third-order valence-corrected chi connectivity index (χ3v) is 1.75. The average Bonchev–Trinajstić information content (AvgIpc) is 2.32. The summed E-state index contributed by atoms with van der Waals surface area (Å²) in [5.74, 6) is 1.29. The lowest BCUT2D eigenvalue weighted by atomic mass is 10.6. The molecule has 82 valence electrons. The first-order valence-electron chi connectivity index (χ1n) is 4.54. The van der Waals surface area contributed by atoms with Crippen molar-refractivity contribution in [3.05, 3.63) is 24.7 Å². The number of hydrogen-bond acceptors (Lipinski definition) is 7. The second kappa shape index (κ2) is 4.39. The van der Waals surface area contributed by atoms with Crippen molar-refractivity contribution < 1.29 is 4.74 Å². The van der Waals surface area contributed by atoms with Gasteiger partial charge in [-0.3, -0.25) is 0 Å². The summed E-state index contributed by atoms with van der Waals surface area (Å²) in [4.78, 5) is 15.6. The van der Waals surface area contributed by atoms with E-state index in [1.165, 1.54) is 12.4 Å². The van der Waals surface area contributed by atoms with Crippen LogP contribution in [0, 0.1) is 0 Å². The molecule has 0 amide bonds. The number of anilines is 2. The number of nitrogens with two attached hydrogens (primary N) is 1. The molecule has 0 atom stereocenters. The molecule has 3 N–H and O–H groups in total. The van der Waals surface area contributed by atoms with E-state index in [2.05, 4.69) is 25.3 Å². The van der Waals surface area contributed by atoms with E-state index in [0.717, 1.165) is 0 Å². The van der Waals surface area contributed by atoms with Crippen LogP contribution < -0.4 is 15.8 Å². The maximum atomic E-state index is 5.35. The number of aromatic nitrogens is 4. The van der Waals surface area contributed by atoms with Crippen molar-refractivity contribution in [2.24, 2.45) is 0 Å². The molecule has 0 spiro atoms. The van der Waals surface area contributed by atoms with Crippen LogP contribution in [0.5, 0.6) is 11.8 Å². The summed E-state index contributed by atoms with van der Waals surface area (Å²) in [6.45, 7) is 0. The molecule has 0 saturated carbocycles. The zero-order chi connectivity index (χ0) is 11.4. The van der Waals surface area contributed by atoms with E-state index in [0.29, 0.717) is 11.6 Å². The Morgan fingerprint density at radius 3 is 2.69 bits per heavy atom. The van der Waals surface area contributed by atoms with Crippen molar-refractivity contribution in [2.45, 2.75) is 0 Å². The molecule has 0 saturated heterocycles. The van der Waals surface area contributed by atoms with Crippen LogP contribution in [0.3, 0.4) is 0 Å². The number of hydrogen-bond donors (Lipinski definition) is 2. The molecular weight excluding hydrogens is 208 g/mol. The SMILES string of the molecule is CNc1ccnc(Oc2cnc(N)nc2)n1. The topological polar surface area (TPSA) is 98.8 Å². The summed E-state index contributed by atoms with van der Waals surface area (Å²) >= 11 is 0. The Morgan fingerprint density at radius 1 is 1.25 bits per heavy atom. The summed E-state index contributed by atoms with van der Waals surface area (Å²) in [5.41, 5.74) is 5.35. The van der Waals surface area contributed by atoms with Gasteiger partial charge in [0.1, 0.15) is 5.82 Å². The smallest absolute Gasteiger partial charge is 0.323 e. The molecule has 0 radical (unpaired) electrons. The summed E-state index contributed by atoms with van der Waals surface area (Å²) in [6.07, 6.45) is 4.50. The fourth-order valence-corrected chi connectivity index (χ4v) is 1.01. The highest BCUT2D eigenvalue weighted by Gasteiger charge is 2.02. The standard InChI is InChI=1S/C9H10N6O/c1-11-7-2-3-12-9(15-7)16-6-4-13-8(10)14-5-6/h2-5H,1H3,(H2,10,13,14)(H,11,12,15). The summed E-state index contributed by atoms with van der Waals surface area (Å²) in [7, 11) is 1.76. The molecule has 16 heavy (non-hydrogen) atoms. The number of nitrogen functional groups attached to an aromatic ring is 1. The fraction of sp³-hybridized carbons (Fsp3) is 0.111. The molecule has 0 aliphatic carbocycles. The van der Waals surface area contributed by atoms with Gasteiger partial charge in [0.05, 0.1) is 12.4 Å². The highest BCUT2D eigenvalue weighted by Crippen LogP contribution is 2.16. The number of rotatable bonds is 3. The molecule has 0 aliphatic rings. The van der Waals surface area contributed by atoms with Crippen LogP contribution in [-0.2, 0) is 0 Å². The van der Waals surface area contributed by atoms with Crippen molar-refractivity contribution >= 4 is 11.8 Å². The van der Waals surface area contributed by atoms with Gasteiger partial charge < -0.3 is 15.8 Å². The Kier molecular flexibility index (Phi) is 2.77. The third-order valence-electron chi connectivity index (χ3n) is 1.75. The summed E-state index contributed by atoms with van der Waals surface area (Å²) in [6, 6.07) is 1.95. The molecule has 2 rings (SSSR count). The van der Waals surface area contributed by atoms with Crippen LogP contribution in [0.1, 0.15) is 0 Å². The van der Waals surface area contributed by atoms with E-state index in [9.17, 15) is 0 Å². The van der Waals surface area contributed by atoms with Gasteiger partial charge in [-0.1, -0.05) is 0 Å². The Hall–Kier alpha value is -2.44. The van der Waals surface area contributed by atoms with Crippen LogP contribution in [0.2, 0.25) is 0 Å². The predicted molar refractivity (Wildman–Crippen MR) is 58.1 cm³/mol. The number of nitrogens with zero attached hydrogens (tertiary/aromatic N) is 4. The molecule has 0 aliphatic heterocycles. The van der Waals surface area contributed by atoms with Crippen molar-refractivity contribution in [3.8, 4) is 11.8 Å². The van der Waals surface area contributed by atoms with Gasteiger partial charge >= 0.3 is 6.01 Å². The molecular formula is C9H10N6O. The molecule has 7 nitrogen and oxygen atoms in total. The van der Waals surface area contributed by atoms with Crippen molar-refractivity contribution in [1.29, 1.82) is 0 Å². The van der Waals surface area contributed by atoms with E-state index in [4.69, 9.17) is 10.5 Å². The van der Waals surface area contributed by atoms with Gasteiger partial charge in [0.2, 0.25) is 5.95 Å². The van der Waals surface area contributed by atoms with Gasteiger partial charge in [-0.25, -0.2) is 15.0 Å². The third kappa shape index (κ3) is 2.32. The number of nitrogens with one attached hydrogen (secondary N) is 1. The van der Waals surface area contributed by atoms with Gasteiger partial charge in [0, 0.05) is 13.2 Å². The van der Waals surface area contributed by atoms with Crippen molar-refractivity contribution in [3.63, 3.8) is 0 Å². The molecule has 0 bridgehead atoms. The molecule has 7 heteroatoms. The molecule has 2 aromatic rings. The van der Waals surface area contributed by atoms with Gasteiger partial charge in [-0.2, -0.15) is 4.98 Å². The lowest BCUT2D eigenvalue weighted by Crippen LogP contribution is -1.98. The van der Waals surface area contributed by atoms with Gasteiger partial charge in [0.25, 0.3) is 0 Å². The normalized spacial score (nSPS) is 9.81. The average molecular weight is 218 g/mol. The minimum atomic E-state index is 0.192. The van der Waals surface area contributed by atoms with Crippen LogP contribution in [-0.4, -0.2) is 27.0 Å². The second-order valence-electron chi connectivity index (χ2n) is 2.85. The van der Waals surface area contributed by atoms with Gasteiger partial charge in [0.15, 0.2) is 5.75 Å². The Bertz CT molecular complexity index is 472. The highest BCUT2D eigenvalue weighted by atomic mass is 16.5. The van der Waals surface area contributed by atoms with E-state index >= 15 is 0 Å². The molecule has 2 heterocycles. The van der Waals surface area contributed by atoms with Crippen LogP contribution in [0.4, 0.5) is 11.8 Å². The lowest BCUT2D eigenvalue weighted by Gasteiger charge is -2.04. The number of ether oxygens (including phenoxy) is 1. The van der Waals surface area contributed by atoms with Crippen LogP contribution in [0.25, 0.3) is 0 Å². The lowest BCUT2D eigenvalue weighted by molar-refractivity contribution is 0.438. The zero-order valence-corrected chi connectivity index (χ0v) is 8.58. The summed E-state index contributed by atoms with van der Waals surface area (Å²) < 4.78 is 5.33. The first kappa shape index (κ1) is 10.1. The van der Waals surface area contributed by atoms with E-state index < -0.39 is 0 Å². The fourth-order valence-electron chi connectivity index (χ4n) is 1.01. The summed E-state index contributed by atoms with van der Waals surface area (Å²) in [5, 5.41) is 2.88. The quantitative estimate of drug-likeness (QED) is 0.781. The largest absolute Gasteiger partial charge is 0.421 e. The van der Waals surface area contributed by atoms with Crippen LogP contribution >= 0.6 is 0 Å². The van der Waals surface area contributed by atoms with Crippen molar-refractivity contribution in [2.75, 3.05) is 18.1 Å². The molecule has 0 aromatic carbocycles. The monoisotopic (exact) mass is 218 g/mol. The Balaban J connectivity index is 2.16. The highest BCUT2D eigenvalue weighted by molar-refractivity contribution is 5.33. The van der Waals surface area contributed by atoms with Gasteiger partial charge in [-0.05, 0) is 6.07 Å². The zero-order valence-electron chi connectivity index (χ0n) is 8.58. The molecule has 0 fully saturated rings. The minimum absolute atomic E-state index is 0.192. The maximum absolute atomic E-state index is 5.35. The van der Waals surface area contributed by atoms with E-state index in [1.54, 1.807) is 19.3 Å². The first-order chi connectivity index (χ1) is 7.78. The molecule has 0 unspecified atom stereocenters.